The molecule has 1 aromatic carbocycles. The van der Waals surface area contributed by atoms with Gasteiger partial charge in [0.25, 0.3) is 0 Å². The molecule has 22 heavy (non-hydrogen) atoms. The molecule has 3 nitrogen and oxygen atoms in total. The van der Waals surface area contributed by atoms with E-state index >= 15 is 0 Å². The fourth-order valence-electron chi connectivity index (χ4n) is 5.48. The van der Waals surface area contributed by atoms with Crippen LogP contribution in [0, 0.1) is 17.3 Å². The lowest BCUT2D eigenvalue weighted by Gasteiger charge is -2.49. The van der Waals surface area contributed by atoms with Gasteiger partial charge in [0.05, 0.1) is 13.2 Å². The van der Waals surface area contributed by atoms with Crippen molar-refractivity contribution < 1.29 is 14.6 Å². The molecule has 1 N–H and O–H groups in total. The van der Waals surface area contributed by atoms with Crippen molar-refractivity contribution in [2.45, 2.75) is 51.0 Å². The summed E-state index contributed by atoms with van der Waals surface area (Å²) in [6.07, 6.45) is 4.57. The molecule has 0 bridgehead atoms. The Kier molecular flexibility index (Phi) is 3.12. The molecule has 0 radical (unpaired) electrons. The van der Waals surface area contributed by atoms with Gasteiger partial charge in [-0.3, -0.25) is 4.79 Å². The van der Waals surface area contributed by atoms with Crippen LogP contribution in [0.3, 0.4) is 0 Å². The minimum absolute atomic E-state index is 0.0193. The van der Waals surface area contributed by atoms with Crippen LogP contribution in [0.25, 0.3) is 0 Å². The average molecular weight is 300 g/mol. The van der Waals surface area contributed by atoms with Gasteiger partial charge in [0.1, 0.15) is 5.75 Å². The number of carbonyl (C=O) groups is 1. The lowest BCUT2D eigenvalue weighted by Crippen LogP contribution is -2.44. The molecular weight excluding hydrogens is 276 g/mol. The highest BCUT2D eigenvalue weighted by atomic mass is 16.5. The number of Topliss-reactive ketones (excluding diaryl/α,β-unsaturated/α-hetero) is 1. The van der Waals surface area contributed by atoms with E-state index in [1.807, 2.05) is 12.1 Å². The molecule has 118 valence electrons. The Morgan fingerprint density at radius 2 is 2.09 bits per heavy atom. The second-order valence-electron chi connectivity index (χ2n) is 7.59. The number of benzene rings is 1. The van der Waals surface area contributed by atoms with Gasteiger partial charge in [0, 0.05) is 12.0 Å². The Morgan fingerprint density at radius 3 is 2.86 bits per heavy atom. The molecular formula is C19H24O3. The summed E-state index contributed by atoms with van der Waals surface area (Å²) in [5, 5.41) is 10.4. The number of methoxy groups -OCH3 is 1. The Morgan fingerprint density at radius 1 is 1.27 bits per heavy atom. The first-order valence-corrected chi connectivity index (χ1v) is 8.44. The predicted molar refractivity (Wildman–Crippen MR) is 84.2 cm³/mol. The summed E-state index contributed by atoms with van der Waals surface area (Å²) in [4.78, 5) is 12.7. The van der Waals surface area contributed by atoms with Crippen LogP contribution in [0.5, 0.6) is 5.75 Å². The quantitative estimate of drug-likeness (QED) is 0.862. The van der Waals surface area contributed by atoms with E-state index in [4.69, 9.17) is 4.74 Å². The summed E-state index contributed by atoms with van der Waals surface area (Å²) in [7, 11) is 1.64. The third-order valence-corrected chi connectivity index (χ3v) is 6.77. The maximum atomic E-state index is 12.7. The molecule has 2 fully saturated rings. The molecule has 0 saturated heterocycles. The smallest absolute Gasteiger partial charge is 0.163 e. The molecule has 0 aliphatic heterocycles. The molecule has 0 amide bonds. The molecule has 3 aliphatic rings. The number of fused-ring (bicyclic) bond motifs is 5. The molecule has 2 saturated carbocycles. The van der Waals surface area contributed by atoms with Crippen LogP contribution in [0.2, 0.25) is 0 Å². The summed E-state index contributed by atoms with van der Waals surface area (Å²) in [5.41, 5.74) is 2.10. The largest absolute Gasteiger partial charge is 0.497 e. The number of aliphatic hydroxyl groups is 1. The van der Waals surface area contributed by atoms with Gasteiger partial charge in [-0.05, 0) is 66.5 Å². The number of ether oxygens (including phenoxy) is 1. The number of aliphatic hydroxyl groups excluding tert-OH is 1. The van der Waals surface area contributed by atoms with Gasteiger partial charge in [0.2, 0.25) is 0 Å². The normalized spacial score (nSPS) is 39.9. The van der Waals surface area contributed by atoms with Crippen molar-refractivity contribution in [3.63, 3.8) is 0 Å². The summed E-state index contributed by atoms with van der Waals surface area (Å²) in [6, 6.07) is 5.98. The van der Waals surface area contributed by atoms with Gasteiger partial charge >= 0.3 is 0 Å². The zero-order chi connectivity index (χ0) is 15.5. The summed E-state index contributed by atoms with van der Waals surface area (Å²) >= 11 is 0. The van der Waals surface area contributed by atoms with Gasteiger partial charge in [0.15, 0.2) is 5.78 Å². The molecule has 0 heterocycles. The average Bonchev–Trinajstić information content (AvgIpc) is 2.83. The first kappa shape index (κ1) is 14.3. The van der Waals surface area contributed by atoms with Crippen molar-refractivity contribution in [1.29, 1.82) is 0 Å². The second-order valence-corrected chi connectivity index (χ2v) is 7.59. The molecule has 0 aromatic heterocycles. The first-order valence-electron chi connectivity index (χ1n) is 8.44. The minimum atomic E-state index is -0.189. The van der Waals surface area contributed by atoms with Crippen LogP contribution >= 0.6 is 0 Å². The lowest BCUT2D eigenvalue weighted by molar-refractivity contribution is -0.0208. The van der Waals surface area contributed by atoms with Crippen molar-refractivity contribution >= 4 is 5.78 Å². The van der Waals surface area contributed by atoms with Crippen LogP contribution in [0.1, 0.15) is 60.9 Å². The van der Waals surface area contributed by atoms with E-state index in [0.717, 1.165) is 37.0 Å². The zero-order valence-electron chi connectivity index (χ0n) is 13.3. The maximum absolute atomic E-state index is 12.7. The highest BCUT2D eigenvalue weighted by molar-refractivity contribution is 5.99. The molecule has 5 atom stereocenters. The first-order chi connectivity index (χ1) is 10.5. The van der Waals surface area contributed by atoms with Gasteiger partial charge in [-0.15, -0.1) is 0 Å². The summed E-state index contributed by atoms with van der Waals surface area (Å²) < 4.78 is 5.28. The van der Waals surface area contributed by atoms with Gasteiger partial charge < -0.3 is 9.84 Å². The number of carbonyl (C=O) groups excluding carboxylic acids is 1. The standard InChI is InChI=1S/C19H24O3/c1-19-8-7-13-12-4-3-11(22-2)9-15(12)17(20)10-14(13)16(19)5-6-18(19)21/h3-4,9,13-14,16,18,21H,5-8,10H2,1-2H3/t13-,14+,16-,18+,19+/m0/s1. The number of ketones is 1. The van der Waals surface area contributed by atoms with Crippen LogP contribution in [-0.2, 0) is 0 Å². The van der Waals surface area contributed by atoms with E-state index in [1.165, 1.54) is 5.56 Å². The number of rotatable bonds is 1. The SMILES string of the molecule is COc1ccc2c(c1)C(=O)C[C@@H]1[C@H]2CC[C@@]2(C)[C@H](O)CC[C@@H]12. The van der Waals surface area contributed by atoms with E-state index < -0.39 is 0 Å². The van der Waals surface area contributed by atoms with Crippen molar-refractivity contribution in [2.24, 2.45) is 17.3 Å². The Hall–Kier alpha value is -1.35. The van der Waals surface area contributed by atoms with E-state index in [0.29, 0.717) is 24.2 Å². The van der Waals surface area contributed by atoms with Crippen molar-refractivity contribution in [3.8, 4) is 5.75 Å². The van der Waals surface area contributed by atoms with Crippen LogP contribution in [-0.4, -0.2) is 24.1 Å². The second kappa shape index (κ2) is 4.82. The van der Waals surface area contributed by atoms with Gasteiger partial charge in [-0.25, -0.2) is 0 Å². The summed E-state index contributed by atoms with van der Waals surface area (Å²) in [5.74, 6) is 2.38. The Labute approximate surface area is 131 Å². The van der Waals surface area contributed by atoms with Crippen LogP contribution in [0.4, 0.5) is 0 Å². The molecule has 0 unspecified atom stereocenters. The van der Waals surface area contributed by atoms with Crippen molar-refractivity contribution in [2.75, 3.05) is 7.11 Å². The molecule has 3 heteroatoms. The van der Waals surface area contributed by atoms with Gasteiger partial charge in [-0.2, -0.15) is 0 Å². The van der Waals surface area contributed by atoms with Crippen LogP contribution < -0.4 is 4.74 Å². The van der Waals surface area contributed by atoms with Crippen molar-refractivity contribution in [3.05, 3.63) is 29.3 Å². The number of hydrogen-bond donors (Lipinski definition) is 1. The maximum Gasteiger partial charge on any atom is 0.163 e. The molecule has 3 aliphatic carbocycles. The minimum Gasteiger partial charge on any atom is -0.497 e. The summed E-state index contributed by atoms with van der Waals surface area (Å²) in [6.45, 7) is 2.24. The number of hydrogen-bond acceptors (Lipinski definition) is 3. The third kappa shape index (κ3) is 1.81. The van der Waals surface area contributed by atoms with Gasteiger partial charge in [-0.1, -0.05) is 13.0 Å². The molecule has 1 aromatic rings. The van der Waals surface area contributed by atoms with E-state index in [-0.39, 0.29) is 17.3 Å². The highest BCUT2D eigenvalue weighted by Gasteiger charge is 2.55. The highest BCUT2D eigenvalue weighted by Crippen LogP contribution is 2.60. The van der Waals surface area contributed by atoms with Crippen LogP contribution in [0.15, 0.2) is 18.2 Å². The fourth-order valence-corrected chi connectivity index (χ4v) is 5.48. The zero-order valence-corrected chi connectivity index (χ0v) is 13.3. The topological polar surface area (TPSA) is 46.5 Å². The monoisotopic (exact) mass is 300 g/mol. The Bertz CT molecular complexity index is 623. The third-order valence-electron chi connectivity index (χ3n) is 6.77. The van der Waals surface area contributed by atoms with E-state index in [9.17, 15) is 9.90 Å². The molecule has 4 rings (SSSR count). The lowest BCUT2D eigenvalue weighted by atomic mass is 9.55. The predicted octanol–water partition coefficient (Wildman–Crippen LogP) is 3.55. The molecule has 0 spiro atoms. The van der Waals surface area contributed by atoms with Crippen molar-refractivity contribution in [1.82, 2.24) is 0 Å². The van der Waals surface area contributed by atoms with E-state index in [2.05, 4.69) is 13.0 Å². The Balaban J connectivity index is 1.75. The fraction of sp³-hybridized carbons (Fsp3) is 0.632. The van der Waals surface area contributed by atoms with E-state index in [1.54, 1.807) is 7.11 Å².